The largest absolute Gasteiger partial charge is 0.207 e. The summed E-state index contributed by atoms with van der Waals surface area (Å²) in [5.74, 6) is -0.568. The van der Waals surface area contributed by atoms with E-state index >= 15 is 0 Å². The van der Waals surface area contributed by atoms with Gasteiger partial charge in [0.05, 0.1) is 0 Å². The van der Waals surface area contributed by atoms with Crippen molar-refractivity contribution in [3.63, 3.8) is 0 Å². The lowest BCUT2D eigenvalue weighted by atomic mass is 9.95. The molecule has 114 valence electrons. The van der Waals surface area contributed by atoms with E-state index in [1.807, 2.05) is 30.3 Å². The first-order valence-corrected chi connectivity index (χ1v) is 7.91. The van der Waals surface area contributed by atoms with Crippen molar-refractivity contribution in [2.45, 2.75) is 0 Å². The highest BCUT2D eigenvalue weighted by Gasteiger charge is 2.07. The zero-order valence-corrected chi connectivity index (χ0v) is 13.7. The fourth-order valence-corrected chi connectivity index (χ4v) is 2.74. The van der Waals surface area contributed by atoms with Crippen LogP contribution in [0, 0.1) is 11.6 Å². The summed E-state index contributed by atoms with van der Waals surface area (Å²) in [6, 6.07) is 20.4. The van der Waals surface area contributed by atoms with E-state index in [-0.39, 0.29) is 11.6 Å². The third-order valence-corrected chi connectivity index (χ3v) is 4.24. The number of rotatable bonds is 3. The lowest BCUT2D eigenvalue weighted by Crippen LogP contribution is -1.90. The first-order chi connectivity index (χ1) is 11.1. The molecule has 0 aliphatic heterocycles. The molecular formula is C20H13BrF2. The second kappa shape index (κ2) is 6.88. The molecule has 23 heavy (non-hydrogen) atoms. The summed E-state index contributed by atoms with van der Waals surface area (Å²) in [6.07, 6.45) is 2.00. The summed E-state index contributed by atoms with van der Waals surface area (Å²) in [5.41, 5.74) is 3.63. The molecule has 0 saturated carbocycles. The number of benzene rings is 3. The maximum atomic E-state index is 13.2. The standard InChI is InChI=1S/C20H13BrF2/c21-20-4-2-1-3-16(20)13-19(14-5-9-17(22)10-6-14)15-7-11-18(23)12-8-15/h1-13H. The average Bonchev–Trinajstić information content (AvgIpc) is 2.56. The third kappa shape index (κ3) is 3.74. The van der Waals surface area contributed by atoms with Crippen LogP contribution >= 0.6 is 15.9 Å². The smallest absolute Gasteiger partial charge is 0.123 e. The monoisotopic (exact) mass is 370 g/mol. The molecule has 0 aromatic heterocycles. The van der Waals surface area contributed by atoms with E-state index in [9.17, 15) is 8.78 Å². The number of hydrogen-bond donors (Lipinski definition) is 0. The molecule has 0 N–H and O–H groups in total. The van der Waals surface area contributed by atoms with Gasteiger partial charge in [-0.2, -0.15) is 0 Å². The van der Waals surface area contributed by atoms with Crippen LogP contribution in [-0.2, 0) is 0 Å². The molecule has 0 radical (unpaired) electrons. The topological polar surface area (TPSA) is 0 Å². The van der Waals surface area contributed by atoms with Gasteiger partial charge < -0.3 is 0 Å². The van der Waals surface area contributed by atoms with Crippen molar-refractivity contribution in [3.8, 4) is 0 Å². The van der Waals surface area contributed by atoms with Gasteiger partial charge in [0.2, 0.25) is 0 Å². The van der Waals surface area contributed by atoms with Gasteiger partial charge in [-0.05, 0) is 58.7 Å². The van der Waals surface area contributed by atoms with Crippen molar-refractivity contribution < 1.29 is 8.78 Å². The normalized spacial score (nSPS) is 10.4. The Morgan fingerprint density at radius 2 is 1.17 bits per heavy atom. The molecule has 3 aromatic rings. The van der Waals surface area contributed by atoms with Crippen molar-refractivity contribution in [2.75, 3.05) is 0 Å². The minimum Gasteiger partial charge on any atom is -0.207 e. The van der Waals surface area contributed by atoms with Crippen LogP contribution in [0.1, 0.15) is 16.7 Å². The molecule has 0 amide bonds. The van der Waals surface area contributed by atoms with Crippen molar-refractivity contribution >= 4 is 27.6 Å². The maximum absolute atomic E-state index is 13.2. The Kier molecular flexibility index (Phi) is 4.68. The first-order valence-electron chi connectivity index (χ1n) is 7.11. The Morgan fingerprint density at radius 1 is 0.696 bits per heavy atom. The number of hydrogen-bond acceptors (Lipinski definition) is 0. The highest BCUT2D eigenvalue weighted by atomic mass is 79.9. The zero-order chi connectivity index (χ0) is 16.2. The quantitative estimate of drug-likeness (QED) is 0.473. The predicted octanol–water partition coefficient (Wildman–Crippen LogP) is 6.32. The third-order valence-electron chi connectivity index (χ3n) is 3.52. The predicted molar refractivity (Wildman–Crippen MR) is 93.9 cm³/mol. The molecule has 3 heteroatoms. The van der Waals surface area contributed by atoms with Gasteiger partial charge in [-0.1, -0.05) is 58.4 Å². The van der Waals surface area contributed by atoms with Crippen LogP contribution < -0.4 is 0 Å². The lowest BCUT2D eigenvalue weighted by Gasteiger charge is -2.10. The Bertz CT molecular complexity index is 787. The fourth-order valence-electron chi connectivity index (χ4n) is 2.34. The Labute approximate surface area is 142 Å². The van der Waals surface area contributed by atoms with E-state index in [1.54, 1.807) is 24.3 Å². The van der Waals surface area contributed by atoms with Crippen LogP contribution in [0.15, 0.2) is 77.3 Å². The first kappa shape index (κ1) is 15.6. The molecule has 3 aromatic carbocycles. The Morgan fingerprint density at radius 3 is 1.65 bits per heavy atom. The maximum Gasteiger partial charge on any atom is 0.123 e. The summed E-state index contributed by atoms with van der Waals surface area (Å²) in [7, 11) is 0. The van der Waals surface area contributed by atoms with Gasteiger partial charge in [0.1, 0.15) is 11.6 Å². The fraction of sp³-hybridized carbons (Fsp3) is 0. The van der Waals surface area contributed by atoms with Crippen LogP contribution in [-0.4, -0.2) is 0 Å². The van der Waals surface area contributed by atoms with E-state index in [0.29, 0.717) is 0 Å². The molecule has 3 rings (SSSR count). The molecule has 0 aliphatic carbocycles. The van der Waals surface area contributed by atoms with Gasteiger partial charge in [0, 0.05) is 4.47 Å². The van der Waals surface area contributed by atoms with Crippen molar-refractivity contribution in [3.05, 3.63) is 106 Å². The van der Waals surface area contributed by atoms with Gasteiger partial charge in [0.25, 0.3) is 0 Å². The molecule has 0 unspecified atom stereocenters. The van der Waals surface area contributed by atoms with E-state index in [0.717, 1.165) is 26.7 Å². The van der Waals surface area contributed by atoms with Gasteiger partial charge in [-0.3, -0.25) is 0 Å². The minimum absolute atomic E-state index is 0.284. The van der Waals surface area contributed by atoms with Crippen LogP contribution in [0.25, 0.3) is 11.6 Å². The summed E-state index contributed by atoms with van der Waals surface area (Å²) in [5, 5.41) is 0. The highest BCUT2D eigenvalue weighted by molar-refractivity contribution is 9.10. The molecule has 0 spiro atoms. The lowest BCUT2D eigenvalue weighted by molar-refractivity contribution is 0.627. The zero-order valence-electron chi connectivity index (χ0n) is 12.1. The summed E-state index contributed by atoms with van der Waals surface area (Å²) in [6.45, 7) is 0. The summed E-state index contributed by atoms with van der Waals surface area (Å²) in [4.78, 5) is 0. The van der Waals surface area contributed by atoms with E-state index in [2.05, 4.69) is 15.9 Å². The Balaban J connectivity index is 2.15. The second-order valence-corrected chi connectivity index (χ2v) is 5.95. The van der Waals surface area contributed by atoms with Crippen molar-refractivity contribution in [2.24, 2.45) is 0 Å². The number of halogens is 3. The van der Waals surface area contributed by atoms with Crippen LogP contribution in [0.5, 0.6) is 0 Å². The molecule has 0 nitrogen and oxygen atoms in total. The van der Waals surface area contributed by atoms with Crippen LogP contribution in [0.3, 0.4) is 0 Å². The molecule has 0 aliphatic rings. The SMILES string of the molecule is Fc1ccc(C(=Cc2ccccc2Br)c2ccc(F)cc2)cc1. The summed E-state index contributed by atoms with van der Waals surface area (Å²) >= 11 is 3.53. The van der Waals surface area contributed by atoms with Gasteiger partial charge in [0.15, 0.2) is 0 Å². The van der Waals surface area contributed by atoms with Crippen LogP contribution in [0.2, 0.25) is 0 Å². The molecule has 0 heterocycles. The second-order valence-electron chi connectivity index (χ2n) is 5.09. The molecule has 0 bridgehead atoms. The molecule has 0 atom stereocenters. The van der Waals surface area contributed by atoms with Crippen LogP contribution in [0.4, 0.5) is 8.78 Å². The van der Waals surface area contributed by atoms with E-state index in [1.165, 1.54) is 24.3 Å². The van der Waals surface area contributed by atoms with E-state index in [4.69, 9.17) is 0 Å². The molecule has 0 saturated heterocycles. The highest BCUT2D eigenvalue weighted by Crippen LogP contribution is 2.29. The van der Waals surface area contributed by atoms with Crippen molar-refractivity contribution in [1.82, 2.24) is 0 Å². The van der Waals surface area contributed by atoms with Gasteiger partial charge in [-0.25, -0.2) is 8.78 Å². The van der Waals surface area contributed by atoms with E-state index < -0.39 is 0 Å². The Hall–Kier alpha value is -2.26. The minimum atomic E-state index is -0.284. The van der Waals surface area contributed by atoms with Gasteiger partial charge in [-0.15, -0.1) is 0 Å². The average molecular weight is 371 g/mol. The summed E-state index contributed by atoms with van der Waals surface area (Å²) < 4.78 is 27.4. The van der Waals surface area contributed by atoms with Gasteiger partial charge >= 0.3 is 0 Å². The molecule has 0 fully saturated rings. The molecular weight excluding hydrogens is 358 g/mol. The van der Waals surface area contributed by atoms with Crippen molar-refractivity contribution in [1.29, 1.82) is 0 Å².